The van der Waals surface area contributed by atoms with Crippen molar-refractivity contribution >= 4 is 28.4 Å². The van der Waals surface area contributed by atoms with Crippen LogP contribution in [0.2, 0.25) is 5.02 Å². The van der Waals surface area contributed by atoms with Crippen LogP contribution < -0.4 is 9.47 Å². The zero-order valence-corrected chi connectivity index (χ0v) is 18.8. The van der Waals surface area contributed by atoms with Gasteiger partial charge in [-0.1, -0.05) is 11.6 Å². The maximum atomic E-state index is 13.2. The number of ether oxygens (including phenoxy) is 2. The van der Waals surface area contributed by atoms with Crippen LogP contribution in [0, 0.1) is 6.92 Å². The second kappa shape index (κ2) is 9.12. The van der Waals surface area contributed by atoms with E-state index in [1.165, 1.54) is 0 Å². The Morgan fingerprint density at radius 2 is 1.81 bits per heavy atom. The van der Waals surface area contributed by atoms with Gasteiger partial charge in [0.25, 0.3) is 5.91 Å². The number of fused-ring (bicyclic) bond motifs is 1. The summed E-state index contributed by atoms with van der Waals surface area (Å²) in [6, 6.07) is 13.3. The summed E-state index contributed by atoms with van der Waals surface area (Å²) in [7, 11) is 3.34. The molecule has 3 aromatic rings. The summed E-state index contributed by atoms with van der Waals surface area (Å²) in [5, 5.41) is 1.52. The largest absolute Gasteiger partial charge is 0.497 e. The van der Waals surface area contributed by atoms with Gasteiger partial charge in [0.2, 0.25) is 0 Å². The van der Waals surface area contributed by atoms with Crippen molar-refractivity contribution in [3.63, 3.8) is 0 Å². The molecular weight excluding hydrogens is 414 g/mol. The number of carbonyl (C=O) groups is 1. The van der Waals surface area contributed by atoms with Crippen LogP contribution in [-0.2, 0) is 6.54 Å². The average Bonchev–Trinajstić information content (AvgIpc) is 2.79. The first-order valence-electron chi connectivity index (χ1n) is 10.3. The summed E-state index contributed by atoms with van der Waals surface area (Å²) in [6.45, 7) is 5.54. The molecule has 0 bridgehead atoms. The molecule has 1 aromatic heterocycles. The molecule has 2 heterocycles. The highest BCUT2D eigenvalue weighted by Crippen LogP contribution is 2.26. The SMILES string of the molecule is COc1ccc(OC)c(CN2CCN(C(=O)c3cc4cc(Cl)ccc4nc3C)CC2)c1. The van der Waals surface area contributed by atoms with Crippen LogP contribution in [-0.4, -0.2) is 61.1 Å². The van der Waals surface area contributed by atoms with E-state index in [1.807, 2.05) is 54.3 Å². The molecule has 0 radical (unpaired) electrons. The van der Waals surface area contributed by atoms with Gasteiger partial charge in [-0.2, -0.15) is 0 Å². The van der Waals surface area contributed by atoms with Gasteiger partial charge >= 0.3 is 0 Å². The van der Waals surface area contributed by atoms with E-state index >= 15 is 0 Å². The molecular formula is C24H26ClN3O3. The van der Waals surface area contributed by atoms with Crippen molar-refractivity contribution in [2.24, 2.45) is 0 Å². The number of aryl methyl sites for hydroxylation is 1. The second-order valence-corrected chi connectivity index (χ2v) is 8.14. The van der Waals surface area contributed by atoms with E-state index < -0.39 is 0 Å². The number of halogens is 1. The number of hydrogen-bond donors (Lipinski definition) is 0. The molecule has 1 amide bonds. The normalized spacial score (nSPS) is 14.6. The van der Waals surface area contributed by atoms with Crippen molar-refractivity contribution in [3.8, 4) is 11.5 Å². The third-order valence-electron chi connectivity index (χ3n) is 5.74. The third-order valence-corrected chi connectivity index (χ3v) is 5.97. The predicted octanol–water partition coefficient (Wildman–Crippen LogP) is 4.17. The number of nitrogens with zero attached hydrogens (tertiary/aromatic N) is 3. The molecule has 1 fully saturated rings. The van der Waals surface area contributed by atoms with Crippen LogP contribution in [0.25, 0.3) is 10.9 Å². The van der Waals surface area contributed by atoms with Gasteiger partial charge in [-0.15, -0.1) is 0 Å². The van der Waals surface area contributed by atoms with Crippen molar-refractivity contribution in [1.29, 1.82) is 0 Å². The van der Waals surface area contributed by atoms with E-state index in [4.69, 9.17) is 21.1 Å². The van der Waals surface area contributed by atoms with Crippen molar-refractivity contribution in [2.45, 2.75) is 13.5 Å². The van der Waals surface area contributed by atoms with E-state index in [0.29, 0.717) is 23.7 Å². The number of benzene rings is 2. The Morgan fingerprint density at radius 3 is 2.52 bits per heavy atom. The van der Waals surface area contributed by atoms with Gasteiger partial charge in [-0.25, -0.2) is 0 Å². The zero-order chi connectivity index (χ0) is 22.0. The topological polar surface area (TPSA) is 54.9 Å². The molecule has 0 unspecified atom stereocenters. The van der Waals surface area contributed by atoms with E-state index in [0.717, 1.165) is 53.3 Å². The van der Waals surface area contributed by atoms with Crippen LogP contribution in [0.1, 0.15) is 21.6 Å². The predicted molar refractivity (Wildman–Crippen MR) is 122 cm³/mol. The number of rotatable bonds is 5. The van der Waals surface area contributed by atoms with Crippen molar-refractivity contribution in [2.75, 3.05) is 40.4 Å². The summed E-state index contributed by atoms with van der Waals surface area (Å²) in [5.74, 6) is 1.67. The molecule has 31 heavy (non-hydrogen) atoms. The van der Waals surface area contributed by atoms with Crippen molar-refractivity contribution < 1.29 is 14.3 Å². The van der Waals surface area contributed by atoms with Crippen LogP contribution in [0.3, 0.4) is 0 Å². The fourth-order valence-corrected chi connectivity index (χ4v) is 4.17. The lowest BCUT2D eigenvalue weighted by Gasteiger charge is -2.35. The van der Waals surface area contributed by atoms with Crippen molar-refractivity contribution in [1.82, 2.24) is 14.8 Å². The zero-order valence-electron chi connectivity index (χ0n) is 18.0. The minimum absolute atomic E-state index is 0.0190. The monoisotopic (exact) mass is 439 g/mol. The Bertz CT molecular complexity index is 1110. The Morgan fingerprint density at radius 1 is 1.03 bits per heavy atom. The first-order chi connectivity index (χ1) is 15.0. The molecule has 0 atom stereocenters. The molecule has 1 aliphatic rings. The molecule has 0 saturated carbocycles. The van der Waals surface area contributed by atoms with Crippen LogP contribution in [0.4, 0.5) is 0 Å². The molecule has 6 nitrogen and oxygen atoms in total. The summed E-state index contributed by atoms with van der Waals surface area (Å²) < 4.78 is 10.8. The lowest BCUT2D eigenvalue weighted by Crippen LogP contribution is -2.48. The van der Waals surface area contributed by atoms with Gasteiger partial charge in [0.05, 0.1) is 31.0 Å². The Hall–Kier alpha value is -2.83. The standard InChI is InChI=1S/C24H26ClN3O3/c1-16-21(14-17-12-19(25)4-6-22(17)26-16)24(29)28-10-8-27(9-11-28)15-18-13-20(30-2)5-7-23(18)31-3/h4-7,12-14H,8-11,15H2,1-3H3. The second-order valence-electron chi connectivity index (χ2n) is 7.70. The van der Waals surface area contributed by atoms with E-state index in [9.17, 15) is 4.79 Å². The molecule has 0 spiro atoms. The Kier molecular flexibility index (Phi) is 6.30. The third kappa shape index (κ3) is 4.60. The summed E-state index contributed by atoms with van der Waals surface area (Å²) in [6.07, 6.45) is 0. The van der Waals surface area contributed by atoms with Gasteiger partial charge in [-0.05, 0) is 49.4 Å². The molecule has 2 aromatic carbocycles. The molecule has 1 aliphatic heterocycles. The minimum atomic E-state index is 0.0190. The van der Waals surface area contributed by atoms with E-state index in [1.54, 1.807) is 14.2 Å². The van der Waals surface area contributed by atoms with Crippen LogP contribution in [0.15, 0.2) is 42.5 Å². The number of hydrogen-bond acceptors (Lipinski definition) is 5. The lowest BCUT2D eigenvalue weighted by molar-refractivity contribution is 0.0626. The minimum Gasteiger partial charge on any atom is -0.497 e. The van der Waals surface area contributed by atoms with Gasteiger partial charge in [0.1, 0.15) is 11.5 Å². The average molecular weight is 440 g/mol. The smallest absolute Gasteiger partial charge is 0.255 e. The van der Waals surface area contributed by atoms with Gasteiger partial charge in [0, 0.05) is 48.7 Å². The Labute approximate surface area is 187 Å². The Balaban J connectivity index is 1.45. The molecule has 7 heteroatoms. The van der Waals surface area contributed by atoms with Gasteiger partial charge in [0.15, 0.2) is 0 Å². The van der Waals surface area contributed by atoms with Gasteiger partial charge in [-0.3, -0.25) is 14.7 Å². The highest BCUT2D eigenvalue weighted by molar-refractivity contribution is 6.31. The fourth-order valence-electron chi connectivity index (χ4n) is 3.99. The molecule has 0 aliphatic carbocycles. The highest BCUT2D eigenvalue weighted by atomic mass is 35.5. The summed E-state index contributed by atoms with van der Waals surface area (Å²) in [5.41, 5.74) is 3.30. The van der Waals surface area contributed by atoms with Crippen LogP contribution >= 0.6 is 11.6 Å². The van der Waals surface area contributed by atoms with Crippen molar-refractivity contribution in [3.05, 3.63) is 64.3 Å². The quantitative estimate of drug-likeness (QED) is 0.597. The highest BCUT2D eigenvalue weighted by Gasteiger charge is 2.24. The molecule has 1 saturated heterocycles. The fraction of sp³-hybridized carbons (Fsp3) is 0.333. The van der Waals surface area contributed by atoms with E-state index in [2.05, 4.69) is 9.88 Å². The summed E-state index contributed by atoms with van der Waals surface area (Å²) in [4.78, 5) is 22.0. The maximum Gasteiger partial charge on any atom is 0.255 e. The summed E-state index contributed by atoms with van der Waals surface area (Å²) >= 11 is 6.12. The number of methoxy groups -OCH3 is 2. The molecule has 4 rings (SSSR count). The van der Waals surface area contributed by atoms with Crippen LogP contribution in [0.5, 0.6) is 11.5 Å². The van der Waals surface area contributed by atoms with E-state index in [-0.39, 0.29) is 5.91 Å². The first-order valence-corrected chi connectivity index (χ1v) is 10.7. The number of pyridine rings is 1. The first kappa shape index (κ1) is 21.4. The number of aromatic nitrogens is 1. The number of carbonyl (C=O) groups excluding carboxylic acids is 1. The molecule has 162 valence electrons. The maximum absolute atomic E-state index is 13.2. The molecule has 0 N–H and O–H groups in total. The number of piperazine rings is 1. The lowest BCUT2D eigenvalue weighted by atomic mass is 10.1. The van der Waals surface area contributed by atoms with Gasteiger partial charge < -0.3 is 14.4 Å². The number of amides is 1.